The molecule has 0 atom stereocenters. The van der Waals surface area contributed by atoms with Crippen molar-refractivity contribution in [1.82, 2.24) is 0 Å². The minimum atomic E-state index is -0.589. The van der Waals surface area contributed by atoms with Crippen molar-refractivity contribution in [3.63, 3.8) is 0 Å². The second-order valence-corrected chi connectivity index (χ2v) is 3.04. The number of benzene rings is 1. The van der Waals surface area contributed by atoms with Crippen molar-refractivity contribution in [3.8, 4) is 0 Å². The number of hydrogen-bond donors (Lipinski definition) is 0. The van der Waals surface area contributed by atoms with Crippen LogP contribution in [0.15, 0.2) is 30.3 Å². The molecule has 0 aliphatic rings. The van der Waals surface area contributed by atoms with Gasteiger partial charge in [0, 0.05) is 17.7 Å². The molecular formula is C11H11NO5. The lowest BCUT2D eigenvalue weighted by molar-refractivity contribution is -0.384. The lowest BCUT2D eigenvalue weighted by Gasteiger charge is -2.05. The summed E-state index contributed by atoms with van der Waals surface area (Å²) in [5, 5.41) is 10.6. The molecule has 0 heterocycles. The molecule has 0 aliphatic heterocycles. The smallest absolute Gasteiger partial charge is 0.334 e. The van der Waals surface area contributed by atoms with E-state index in [1.54, 1.807) is 6.07 Å². The van der Waals surface area contributed by atoms with E-state index in [1.807, 2.05) is 0 Å². The summed E-state index contributed by atoms with van der Waals surface area (Å²) >= 11 is 0. The Bertz CT molecular complexity index is 467. The van der Waals surface area contributed by atoms with Gasteiger partial charge in [0.15, 0.2) is 0 Å². The zero-order chi connectivity index (χ0) is 12.8. The molecule has 0 unspecified atom stereocenters. The van der Waals surface area contributed by atoms with Gasteiger partial charge in [-0.05, 0) is 0 Å². The normalized spacial score (nSPS) is 10.8. The van der Waals surface area contributed by atoms with Crippen LogP contribution in [0.3, 0.4) is 0 Å². The van der Waals surface area contributed by atoms with Crippen LogP contribution in [0.25, 0.3) is 5.76 Å². The molecule has 0 aliphatic carbocycles. The number of nitro groups is 1. The lowest BCUT2D eigenvalue weighted by Crippen LogP contribution is -1.99. The zero-order valence-electron chi connectivity index (χ0n) is 9.38. The van der Waals surface area contributed by atoms with Gasteiger partial charge in [-0.15, -0.1) is 0 Å². The van der Waals surface area contributed by atoms with E-state index in [9.17, 15) is 14.9 Å². The van der Waals surface area contributed by atoms with E-state index in [0.29, 0.717) is 5.56 Å². The van der Waals surface area contributed by atoms with Crippen LogP contribution >= 0.6 is 0 Å². The number of ether oxygens (including phenoxy) is 2. The first-order chi connectivity index (χ1) is 8.08. The summed E-state index contributed by atoms with van der Waals surface area (Å²) in [6.07, 6.45) is 1.12. The molecule has 90 valence electrons. The first-order valence-corrected chi connectivity index (χ1v) is 4.67. The summed E-state index contributed by atoms with van der Waals surface area (Å²) < 4.78 is 9.43. The van der Waals surface area contributed by atoms with Crippen LogP contribution in [0.1, 0.15) is 5.56 Å². The number of rotatable bonds is 4. The van der Waals surface area contributed by atoms with Crippen LogP contribution in [0, 0.1) is 10.1 Å². The summed E-state index contributed by atoms with van der Waals surface area (Å²) in [4.78, 5) is 21.1. The van der Waals surface area contributed by atoms with Crippen molar-refractivity contribution in [1.29, 1.82) is 0 Å². The van der Waals surface area contributed by atoms with Crippen LogP contribution in [0.5, 0.6) is 0 Å². The third kappa shape index (κ3) is 3.30. The highest BCUT2D eigenvalue weighted by Crippen LogP contribution is 2.20. The molecule has 1 aromatic rings. The summed E-state index contributed by atoms with van der Waals surface area (Å²) in [6, 6.07) is 5.79. The highest BCUT2D eigenvalue weighted by atomic mass is 16.6. The summed E-state index contributed by atoms with van der Waals surface area (Å²) in [5.74, 6) is -0.381. The quantitative estimate of drug-likeness (QED) is 0.262. The van der Waals surface area contributed by atoms with Crippen molar-refractivity contribution in [2.75, 3.05) is 14.2 Å². The Balaban J connectivity index is 3.12. The van der Waals surface area contributed by atoms with Gasteiger partial charge < -0.3 is 9.47 Å². The number of hydrogen-bond acceptors (Lipinski definition) is 5. The van der Waals surface area contributed by atoms with Crippen molar-refractivity contribution in [2.24, 2.45) is 0 Å². The average molecular weight is 237 g/mol. The van der Waals surface area contributed by atoms with Crippen LogP contribution in [0.2, 0.25) is 0 Å². The van der Waals surface area contributed by atoms with E-state index in [2.05, 4.69) is 4.74 Å². The van der Waals surface area contributed by atoms with E-state index in [4.69, 9.17) is 4.74 Å². The van der Waals surface area contributed by atoms with Crippen molar-refractivity contribution in [2.45, 2.75) is 0 Å². The third-order valence-electron chi connectivity index (χ3n) is 2.01. The molecule has 0 saturated carbocycles. The molecule has 0 saturated heterocycles. The molecular weight excluding hydrogens is 226 g/mol. The van der Waals surface area contributed by atoms with Gasteiger partial charge in [0.1, 0.15) is 5.76 Å². The standard InChI is InChI=1S/C11H11NO5/c1-16-10(7-11(13)17-2)8-4-3-5-9(6-8)12(14)15/h3-7H,1-2H3. The molecule has 0 amide bonds. The molecule has 0 fully saturated rings. The lowest BCUT2D eigenvalue weighted by atomic mass is 10.1. The van der Waals surface area contributed by atoms with Gasteiger partial charge in [-0.25, -0.2) is 4.79 Å². The van der Waals surface area contributed by atoms with Crippen molar-refractivity contribution in [3.05, 3.63) is 46.0 Å². The van der Waals surface area contributed by atoms with Gasteiger partial charge in [0.2, 0.25) is 0 Å². The predicted octanol–water partition coefficient (Wildman–Crippen LogP) is 1.76. The van der Waals surface area contributed by atoms with E-state index in [-0.39, 0.29) is 11.4 Å². The molecule has 1 rings (SSSR count). The Kier molecular flexibility index (Phi) is 4.21. The molecule has 0 N–H and O–H groups in total. The Labute approximate surface area is 97.6 Å². The topological polar surface area (TPSA) is 78.7 Å². The second kappa shape index (κ2) is 5.64. The number of carbonyl (C=O) groups excluding carboxylic acids is 1. The maximum atomic E-state index is 11.1. The summed E-state index contributed by atoms with van der Waals surface area (Å²) in [5.41, 5.74) is 0.363. The highest BCUT2D eigenvalue weighted by Gasteiger charge is 2.10. The van der Waals surface area contributed by atoms with Crippen LogP contribution in [-0.2, 0) is 14.3 Å². The third-order valence-corrected chi connectivity index (χ3v) is 2.01. The Morgan fingerprint density at radius 1 is 1.35 bits per heavy atom. The maximum absolute atomic E-state index is 11.1. The molecule has 0 spiro atoms. The maximum Gasteiger partial charge on any atom is 0.334 e. The molecule has 17 heavy (non-hydrogen) atoms. The van der Waals surface area contributed by atoms with Crippen molar-refractivity contribution >= 4 is 17.4 Å². The molecule has 1 aromatic carbocycles. The SMILES string of the molecule is COC(=O)C=C(OC)c1cccc([N+](=O)[O-])c1. The fourth-order valence-corrected chi connectivity index (χ4v) is 1.20. The van der Waals surface area contributed by atoms with E-state index in [1.165, 1.54) is 32.4 Å². The summed E-state index contributed by atoms with van der Waals surface area (Å²) in [7, 11) is 2.60. The fraction of sp³-hybridized carbons (Fsp3) is 0.182. The van der Waals surface area contributed by atoms with Crippen LogP contribution < -0.4 is 0 Å². The Morgan fingerprint density at radius 3 is 2.59 bits per heavy atom. The van der Waals surface area contributed by atoms with E-state index in [0.717, 1.165) is 6.08 Å². The number of carbonyl (C=O) groups is 1. The van der Waals surface area contributed by atoms with Gasteiger partial charge >= 0.3 is 5.97 Å². The van der Waals surface area contributed by atoms with Gasteiger partial charge in [-0.2, -0.15) is 0 Å². The Hall–Kier alpha value is -2.37. The zero-order valence-corrected chi connectivity index (χ0v) is 9.38. The molecule has 0 aromatic heterocycles. The predicted molar refractivity (Wildman–Crippen MR) is 60.1 cm³/mol. The van der Waals surface area contributed by atoms with Crippen LogP contribution in [0.4, 0.5) is 5.69 Å². The largest absolute Gasteiger partial charge is 0.496 e. The number of nitrogens with zero attached hydrogens (tertiary/aromatic N) is 1. The minimum Gasteiger partial charge on any atom is -0.496 e. The molecule has 0 radical (unpaired) electrons. The summed E-state index contributed by atoms with van der Waals surface area (Å²) in [6.45, 7) is 0. The number of nitro benzene ring substituents is 1. The molecule has 0 bridgehead atoms. The van der Waals surface area contributed by atoms with E-state index >= 15 is 0 Å². The average Bonchev–Trinajstić information content (AvgIpc) is 2.35. The van der Waals surface area contributed by atoms with Crippen LogP contribution in [-0.4, -0.2) is 25.1 Å². The molecule has 6 nitrogen and oxygen atoms in total. The number of non-ortho nitro benzene ring substituents is 1. The van der Waals surface area contributed by atoms with E-state index < -0.39 is 10.9 Å². The number of methoxy groups -OCH3 is 2. The van der Waals surface area contributed by atoms with Gasteiger partial charge in [-0.1, -0.05) is 12.1 Å². The first kappa shape index (κ1) is 12.7. The van der Waals surface area contributed by atoms with Gasteiger partial charge in [0.25, 0.3) is 5.69 Å². The van der Waals surface area contributed by atoms with Crippen molar-refractivity contribution < 1.29 is 19.2 Å². The second-order valence-electron chi connectivity index (χ2n) is 3.04. The van der Waals surface area contributed by atoms with Gasteiger partial charge in [0.05, 0.1) is 25.2 Å². The Morgan fingerprint density at radius 2 is 2.06 bits per heavy atom. The monoisotopic (exact) mass is 237 g/mol. The number of esters is 1. The molecule has 6 heteroatoms. The highest BCUT2D eigenvalue weighted by molar-refractivity contribution is 5.89. The van der Waals surface area contributed by atoms with Gasteiger partial charge in [-0.3, -0.25) is 10.1 Å². The fourth-order valence-electron chi connectivity index (χ4n) is 1.20. The minimum absolute atomic E-state index is 0.0738. The first-order valence-electron chi connectivity index (χ1n) is 4.67.